The van der Waals surface area contributed by atoms with Gasteiger partial charge in [-0.1, -0.05) is 0 Å². The molecule has 0 unspecified atom stereocenters. The summed E-state index contributed by atoms with van der Waals surface area (Å²) in [5.41, 5.74) is -1.03. The molecule has 0 aliphatic heterocycles. The second-order valence-electron chi connectivity index (χ2n) is 4.59. The highest BCUT2D eigenvalue weighted by atomic mass is 19.4. The number of carbonyl (C=O) groups is 1. The summed E-state index contributed by atoms with van der Waals surface area (Å²) in [6.07, 6.45) is -1.25. The molecule has 1 amide bonds. The zero-order chi connectivity index (χ0) is 14.6. The Hall–Kier alpha value is -1.70. The Bertz CT molecular complexity index is 475. The van der Waals surface area contributed by atoms with Crippen LogP contribution in [-0.2, 0) is 22.3 Å². The van der Waals surface area contributed by atoms with Crippen LogP contribution < -0.4 is 5.32 Å². The van der Waals surface area contributed by atoms with Gasteiger partial charge in [0.25, 0.3) is 0 Å². The lowest BCUT2D eigenvalue weighted by Gasteiger charge is -2.08. The summed E-state index contributed by atoms with van der Waals surface area (Å²) >= 11 is 0. The van der Waals surface area contributed by atoms with Gasteiger partial charge in [0, 0.05) is 6.20 Å². The van der Waals surface area contributed by atoms with E-state index in [-0.39, 0.29) is 19.0 Å². The van der Waals surface area contributed by atoms with Crippen LogP contribution in [0.5, 0.6) is 0 Å². The minimum absolute atomic E-state index is 0.0876. The number of nitrogens with one attached hydrogen (secondary N) is 1. The second-order valence-corrected chi connectivity index (χ2v) is 4.59. The second kappa shape index (κ2) is 6.17. The molecule has 1 aliphatic carbocycles. The van der Waals surface area contributed by atoms with E-state index in [1.165, 1.54) is 0 Å². The van der Waals surface area contributed by atoms with Crippen molar-refractivity contribution in [3.63, 3.8) is 0 Å². The SMILES string of the molecule is O=C(COCC1CC1)NCc1nccc(C(F)(F)F)n1. The number of hydrogen-bond donors (Lipinski definition) is 1. The first-order chi connectivity index (χ1) is 9.45. The Labute approximate surface area is 113 Å². The van der Waals surface area contributed by atoms with E-state index in [1.807, 2.05) is 0 Å². The zero-order valence-corrected chi connectivity index (χ0v) is 10.6. The van der Waals surface area contributed by atoms with Crippen LogP contribution in [0.4, 0.5) is 13.2 Å². The molecule has 8 heteroatoms. The molecule has 1 fully saturated rings. The minimum atomic E-state index is -4.52. The van der Waals surface area contributed by atoms with Crippen molar-refractivity contribution in [2.75, 3.05) is 13.2 Å². The number of hydrogen-bond acceptors (Lipinski definition) is 4. The summed E-state index contributed by atoms with van der Waals surface area (Å²) in [5, 5.41) is 2.42. The van der Waals surface area contributed by atoms with E-state index < -0.39 is 17.8 Å². The van der Waals surface area contributed by atoms with Crippen molar-refractivity contribution in [1.82, 2.24) is 15.3 Å². The smallest absolute Gasteiger partial charge is 0.371 e. The van der Waals surface area contributed by atoms with Crippen LogP contribution in [0.2, 0.25) is 0 Å². The first-order valence-electron chi connectivity index (χ1n) is 6.18. The molecule has 2 rings (SSSR count). The number of carbonyl (C=O) groups excluding carboxylic acids is 1. The quantitative estimate of drug-likeness (QED) is 0.862. The predicted molar refractivity (Wildman–Crippen MR) is 62.4 cm³/mol. The van der Waals surface area contributed by atoms with Crippen LogP contribution in [0.15, 0.2) is 12.3 Å². The minimum Gasteiger partial charge on any atom is -0.371 e. The van der Waals surface area contributed by atoms with Gasteiger partial charge in [-0.05, 0) is 24.8 Å². The Morgan fingerprint density at radius 3 is 2.85 bits per heavy atom. The average molecular weight is 289 g/mol. The first kappa shape index (κ1) is 14.7. The summed E-state index contributed by atoms with van der Waals surface area (Å²) < 4.78 is 42.4. The first-order valence-corrected chi connectivity index (χ1v) is 6.18. The van der Waals surface area contributed by atoms with Gasteiger partial charge in [0.1, 0.15) is 18.1 Å². The standard InChI is InChI=1S/C12H14F3N3O2/c13-12(14,15)9-3-4-16-10(18-9)5-17-11(19)7-20-6-8-1-2-8/h3-4,8H,1-2,5-7H2,(H,17,19). The Morgan fingerprint density at radius 2 is 2.20 bits per heavy atom. The molecule has 0 radical (unpaired) electrons. The third kappa shape index (κ3) is 4.76. The average Bonchev–Trinajstić information content (AvgIpc) is 3.20. The Balaban J connectivity index is 1.76. The normalized spacial score (nSPS) is 15.2. The molecule has 0 spiro atoms. The molecule has 5 nitrogen and oxygen atoms in total. The number of nitrogens with zero attached hydrogens (tertiary/aromatic N) is 2. The number of ether oxygens (including phenoxy) is 1. The Kier molecular flexibility index (Phi) is 4.53. The Morgan fingerprint density at radius 1 is 1.45 bits per heavy atom. The van der Waals surface area contributed by atoms with E-state index in [2.05, 4.69) is 15.3 Å². The summed E-state index contributed by atoms with van der Waals surface area (Å²) in [4.78, 5) is 18.4. The van der Waals surface area contributed by atoms with Gasteiger partial charge in [-0.15, -0.1) is 0 Å². The van der Waals surface area contributed by atoms with Crippen molar-refractivity contribution in [1.29, 1.82) is 0 Å². The molecular formula is C12H14F3N3O2. The summed E-state index contributed by atoms with van der Waals surface area (Å²) in [5.74, 6) is 0.0663. The number of halogens is 3. The van der Waals surface area contributed by atoms with Gasteiger partial charge in [-0.25, -0.2) is 9.97 Å². The fourth-order valence-electron chi connectivity index (χ4n) is 1.47. The van der Waals surface area contributed by atoms with Crippen molar-refractivity contribution < 1.29 is 22.7 Å². The maximum Gasteiger partial charge on any atom is 0.433 e. The van der Waals surface area contributed by atoms with Gasteiger partial charge >= 0.3 is 6.18 Å². The molecule has 1 saturated carbocycles. The number of aromatic nitrogens is 2. The maximum absolute atomic E-state index is 12.4. The van der Waals surface area contributed by atoms with E-state index in [1.54, 1.807) is 0 Å². The fraction of sp³-hybridized carbons (Fsp3) is 0.583. The van der Waals surface area contributed by atoms with Gasteiger partial charge in [0.2, 0.25) is 5.91 Å². The number of rotatable bonds is 6. The molecule has 0 atom stereocenters. The van der Waals surface area contributed by atoms with Crippen molar-refractivity contribution in [3.8, 4) is 0 Å². The predicted octanol–water partition coefficient (Wildman–Crippen LogP) is 1.54. The molecule has 110 valence electrons. The third-order valence-corrected chi connectivity index (χ3v) is 2.72. The summed E-state index contributed by atoms with van der Waals surface area (Å²) in [7, 11) is 0. The largest absolute Gasteiger partial charge is 0.433 e. The van der Waals surface area contributed by atoms with Crippen LogP contribution in [0.3, 0.4) is 0 Å². The van der Waals surface area contributed by atoms with Crippen LogP contribution in [0, 0.1) is 5.92 Å². The van der Waals surface area contributed by atoms with Gasteiger partial charge < -0.3 is 10.1 Å². The van der Waals surface area contributed by atoms with Crippen molar-refractivity contribution >= 4 is 5.91 Å². The molecule has 1 aromatic rings. The molecule has 0 bridgehead atoms. The highest BCUT2D eigenvalue weighted by Gasteiger charge is 2.32. The van der Waals surface area contributed by atoms with Crippen molar-refractivity contribution in [2.24, 2.45) is 5.92 Å². The van der Waals surface area contributed by atoms with Crippen LogP contribution in [0.25, 0.3) is 0 Å². The van der Waals surface area contributed by atoms with Gasteiger partial charge in [0.15, 0.2) is 0 Å². The maximum atomic E-state index is 12.4. The lowest BCUT2D eigenvalue weighted by molar-refractivity contribution is -0.141. The molecule has 0 aromatic carbocycles. The van der Waals surface area contributed by atoms with E-state index >= 15 is 0 Å². The van der Waals surface area contributed by atoms with E-state index in [4.69, 9.17) is 4.74 Å². The van der Waals surface area contributed by atoms with Crippen LogP contribution >= 0.6 is 0 Å². The lowest BCUT2D eigenvalue weighted by atomic mass is 10.4. The molecule has 1 N–H and O–H groups in total. The van der Waals surface area contributed by atoms with Crippen LogP contribution in [-0.4, -0.2) is 29.1 Å². The monoisotopic (exact) mass is 289 g/mol. The highest BCUT2D eigenvalue weighted by Crippen LogP contribution is 2.28. The number of amides is 1. The van der Waals surface area contributed by atoms with Crippen molar-refractivity contribution in [3.05, 3.63) is 23.8 Å². The summed E-state index contributed by atoms with van der Waals surface area (Å²) in [6.45, 7) is 0.290. The van der Waals surface area contributed by atoms with Gasteiger partial charge in [-0.2, -0.15) is 13.2 Å². The topological polar surface area (TPSA) is 64.1 Å². The lowest BCUT2D eigenvalue weighted by Crippen LogP contribution is -2.28. The molecule has 0 saturated heterocycles. The fourth-order valence-corrected chi connectivity index (χ4v) is 1.47. The molecule has 20 heavy (non-hydrogen) atoms. The van der Waals surface area contributed by atoms with Crippen molar-refractivity contribution in [2.45, 2.75) is 25.6 Å². The van der Waals surface area contributed by atoms with Gasteiger partial charge in [0.05, 0.1) is 13.2 Å². The molecule has 1 aromatic heterocycles. The van der Waals surface area contributed by atoms with E-state index in [0.717, 1.165) is 25.1 Å². The zero-order valence-electron chi connectivity index (χ0n) is 10.6. The van der Waals surface area contributed by atoms with E-state index in [0.29, 0.717) is 12.5 Å². The van der Waals surface area contributed by atoms with Gasteiger partial charge in [-0.3, -0.25) is 4.79 Å². The summed E-state index contributed by atoms with van der Waals surface area (Å²) in [6, 6.07) is 0.782. The molecular weight excluding hydrogens is 275 g/mol. The van der Waals surface area contributed by atoms with E-state index in [9.17, 15) is 18.0 Å². The molecule has 1 heterocycles. The molecule has 1 aliphatic rings. The van der Waals surface area contributed by atoms with Crippen LogP contribution in [0.1, 0.15) is 24.4 Å². The third-order valence-electron chi connectivity index (χ3n) is 2.72. The highest BCUT2D eigenvalue weighted by molar-refractivity contribution is 5.77. The number of alkyl halides is 3.